The van der Waals surface area contributed by atoms with Crippen LogP contribution in [0.5, 0.6) is 0 Å². The number of hydrogen-bond acceptors (Lipinski definition) is 3. The topological polar surface area (TPSA) is 36.4 Å². The maximum Gasteiger partial charge on any atom is 0.0989 e. The van der Waals surface area contributed by atoms with Crippen molar-refractivity contribution in [1.29, 1.82) is 0 Å². The summed E-state index contributed by atoms with van der Waals surface area (Å²) >= 11 is 0. The Morgan fingerprint density at radius 3 is 2.33 bits per heavy atom. The van der Waals surface area contributed by atoms with Gasteiger partial charge in [-0.15, -0.1) is 0 Å². The lowest BCUT2D eigenvalue weighted by Gasteiger charge is -2.36. The van der Waals surface area contributed by atoms with Crippen molar-refractivity contribution in [2.75, 3.05) is 20.6 Å². The Labute approximate surface area is 127 Å². The van der Waals surface area contributed by atoms with Crippen molar-refractivity contribution in [2.24, 2.45) is 5.92 Å². The normalized spacial score (nSPS) is 15.7. The van der Waals surface area contributed by atoms with Gasteiger partial charge in [0.15, 0.2) is 0 Å². The van der Waals surface area contributed by atoms with Gasteiger partial charge in [0, 0.05) is 30.8 Å². The van der Waals surface area contributed by atoms with E-state index in [0.29, 0.717) is 6.42 Å². The molecule has 2 atom stereocenters. The van der Waals surface area contributed by atoms with Gasteiger partial charge in [-0.05, 0) is 31.8 Å². The van der Waals surface area contributed by atoms with Gasteiger partial charge < -0.3 is 10.0 Å². The van der Waals surface area contributed by atoms with Gasteiger partial charge in [0.25, 0.3) is 0 Å². The van der Waals surface area contributed by atoms with Gasteiger partial charge in [0.05, 0.1) is 5.60 Å². The molecule has 1 aromatic carbocycles. The van der Waals surface area contributed by atoms with Gasteiger partial charge >= 0.3 is 0 Å². The highest BCUT2D eigenvalue weighted by atomic mass is 16.3. The van der Waals surface area contributed by atoms with Gasteiger partial charge in [-0.1, -0.05) is 43.3 Å². The van der Waals surface area contributed by atoms with Crippen LogP contribution in [0, 0.1) is 5.92 Å². The third-order valence-corrected chi connectivity index (χ3v) is 3.90. The van der Waals surface area contributed by atoms with Crippen molar-refractivity contribution in [3.05, 3.63) is 66.0 Å². The summed E-state index contributed by atoms with van der Waals surface area (Å²) in [4.78, 5) is 6.49. The van der Waals surface area contributed by atoms with Gasteiger partial charge in [0.2, 0.25) is 0 Å². The Kier molecular flexibility index (Phi) is 5.10. The first-order valence-corrected chi connectivity index (χ1v) is 7.35. The molecular formula is C18H24N2O. The molecule has 3 nitrogen and oxygen atoms in total. The fraction of sp³-hybridized carbons (Fsp3) is 0.389. The summed E-state index contributed by atoms with van der Waals surface area (Å²) in [5.74, 6) is 0.0944. The Balaban J connectivity index is 2.34. The number of nitrogens with zero attached hydrogens (tertiary/aromatic N) is 2. The van der Waals surface area contributed by atoms with E-state index in [9.17, 15) is 5.11 Å². The predicted octanol–water partition coefficient (Wildman–Crippen LogP) is 2.71. The van der Waals surface area contributed by atoms with Crippen molar-refractivity contribution in [2.45, 2.75) is 18.9 Å². The molecule has 0 unspecified atom stereocenters. The number of rotatable bonds is 6. The second-order valence-electron chi connectivity index (χ2n) is 5.95. The molecule has 21 heavy (non-hydrogen) atoms. The molecule has 0 aliphatic carbocycles. The maximum atomic E-state index is 11.4. The minimum atomic E-state index is -0.917. The molecule has 0 saturated carbocycles. The van der Waals surface area contributed by atoms with Crippen LogP contribution >= 0.6 is 0 Å². The van der Waals surface area contributed by atoms with Crippen LogP contribution in [0.15, 0.2) is 54.7 Å². The summed E-state index contributed by atoms with van der Waals surface area (Å²) in [6, 6.07) is 15.7. The summed E-state index contributed by atoms with van der Waals surface area (Å²) in [7, 11) is 4.06. The molecule has 0 aliphatic rings. The van der Waals surface area contributed by atoms with E-state index in [2.05, 4.69) is 16.8 Å². The number of hydrogen-bond donors (Lipinski definition) is 1. The molecule has 0 amide bonds. The van der Waals surface area contributed by atoms with E-state index in [1.54, 1.807) is 6.20 Å². The first-order chi connectivity index (χ1) is 10.0. The molecule has 0 bridgehead atoms. The molecule has 1 heterocycles. The van der Waals surface area contributed by atoms with Crippen molar-refractivity contribution < 1.29 is 5.11 Å². The number of aliphatic hydroxyl groups is 1. The third-order valence-electron chi connectivity index (χ3n) is 3.90. The van der Waals surface area contributed by atoms with Crippen LogP contribution in [0.4, 0.5) is 0 Å². The SMILES string of the molecule is C[C@@H](CN(C)C)[C@@](O)(Cc1ccccn1)c1ccccc1. The van der Waals surface area contributed by atoms with Crippen molar-refractivity contribution >= 4 is 0 Å². The van der Waals surface area contributed by atoms with Crippen LogP contribution in [-0.4, -0.2) is 35.6 Å². The zero-order valence-electron chi connectivity index (χ0n) is 13.0. The average Bonchev–Trinajstić information content (AvgIpc) is 2.48. The first-order valence-electron chi connectivity index (χ1n) is 7.35. The van der Waals surface area contributed by atoms with Crippen molar-refractivity contribution in [3.63, 3.8) is 0 Å². The van der Waals surface area contributed by atoms with Crippen molar-refractivity contribution in [1.82, 2.24) is 9.88 Å². The summed E-state index contributed by atoms with van der Waals surface area (Å²) in [6.45, 7) is 2.91. The monoisotopic (exact) mass is 284 g/mol. The highest BCUT2D eigenvalue weighted by Gasteiger charge is 2.36. The molecule has 0 spiro atoms. The summed E-state index contributed by atoms with van der Waals surface area (Å²) in [6.07, 6.45) is 2.30. The van der Waals surface area contributed by atoms with Gasteiger partial charge in [-0.25, -0.2) is 0 Å². The van der Waals surface area contributed by atoms with Crippen LogP contribution in [-0.2, 0) is 12.0 Å². The highest BCUT2D eigenvalue weighted by Crippen LogP contribution is 2.33. The molecular weight excluding hydrogens is 260 g/mol. The molecule has 2 rings (SSSR count). The molecule has 1 N–H and O–H groups in total. The Morgan fingerprint density at radius 2 is 1.76 bits per heavy atom. The minimum Gasteiger partial charge on any atom is -0.384 e. The smallest absolute Gasteiger partial charge is 0.0989 e. The summed E-state index contributed by atoms with van der Waals surface area (Å²) in [5.41, 5.74) is 0.944. The zero-order valence-corrected chi connectivity index (χ0v) is 13.0. The molecule has 0 aliphatic heterocycles. The van der Waals surface area contributed by atoms with Crippen molar-refractivity contribution in [3.8, 4) is 0 Å². The number of benzene rings is 1. The summed E-state index contributed by atoms with van der Waals surface area (Å²) in [5, 5.41) is 11.4. The van der Waals surface area contributed by atoms with E-state index >= 15 is 0 Å². The molecule has 0 saturated heterocycles. The fourth-order valence-electron chi connectivity index (χ4n) is 2.77. The third kappa shape index (κ3) is 3.90. The maximum absolute atomic E-state index is 11.4. The van der Waals surface area contributed by atoms with Gasteiger partial charge in [-0.2, -0.15) is 0 Å². The number of pyridine rings is 1. The molecule has 2 aromatic rings. The lowest BCUT2D eigenvalue weighted by atomic mass is 9.78. The summed E-state index contributed by atoms with van der Waals surface area (Å²) < 4.78 is 0. The Bertz CT molecular complexity index is 542. The fourth-order valence-corrected chi connectivity index (χ4v) is 2.77. The predicted molar refractivity (Wildman–Crippen MR) is 86.0 cm³/mol. The lowest BCUT2D eigenvalue weighted by molar-refractivity contribution is -0.0262. The van der Waals surface area contributed by atoms with Gasteiger partial charge in [-0.3, -0.25) is 4.98 Å². The Morgan fingerprint density at radius 1 is 1.10 bits per heavy atom. The molecule has 0 fully saturated rings. The van der Waals surface area contributed by atoms with Crippen LogP contribution in [0.1, 0.15) is 18.2 Å². The van der Waals surface area contributed by atoms with Gasteiger partial charge in [0.1, 0.15) is 0 Å². The van der Waals surface area contributed by atoms with Crippen LogP contribution < -0.4 is 0 Å². The zero-order chi connectivity index (χ0) is 15.3. The molecule has 1 aromatic heterocycles. The number of aromatic nitrogens is 1. The van der Waals surface area contributed by atoms with E-state index in [0.717, 1.165) is 17.8 Å². The van der Waals surface area contributed by atoms with E-state index in [-0.39, 0.29) is 5.92 Å². The molecule has 0 radical (unpaired) electrons. The Hall–Kier alpha value is -1.71. The van der Waals surface area contributed by atoms with E-state index in [4.69, 9.17) is 0 Å². The van der Waals surface area contributed by atoms with E-state index in [1.165, 1.54) is 0 Å². The molecule has 3 heteroatoms. The van der Waals surface area contributed by atoms with Crippen LogP contribution in [0.3, 0.4) is 0 Å². The average molecular weight is 284 g/mol. The van der Waals surface area contributed by atoms with E-state index in [1.807, 2.05) is 62.6 Å². The first kappa shape index (κ1) is 15.7. The molecule has 112 valence electrons. The standard InChI is InChI=1S/C18H24N2O/c1-15(14-20(2)3)18(21,16-9-5-4-6-10-16)13-17-11-7-8-12-19-17/h4-12,15,21H,13-14H2,1-3H3/t15-,18-/m0/s1. The van der Waals surface area contributed by atoms with Crippen LogP contribution in [0.25, 0.3) is 0 Å². The second kappa shape index (κ2) is 6.83. The lowest BCUT2D eigenvalue weighted by Crippen LogP contribution is -2.41. The minimum absolute atomic E-state index is 0.0944. The van der Waals surface area contributed by atoms with E-state index < -0.39 is 5.60 Å². The second-order valence-corrected chi connectivity index (χ2v) is 5.95. The largest absolute Gasteiger partial charge is 0.384 e. The highest BCUT2D eigenvalue weighted by molar-refractivity contribution is 5.25. The quantitative estimate of drug-likeness (QED) is 0.886. The van der Waals surface area contributed by atoms with Crippen LogP contribution in [0.2, 0.25) is 0 Å².